The van der Waals surface area contributed by atoms with Crippen LogP contribution in [0.3, 0.4) is 0 Å². The van der Waals surface area contributed by atoms with Crippen molar-refractivity contribution in [3.05, 3.63) is 28.8 Å². The minimum atomic E-state index is 0.202. The van der Waals surface area contributed by atoms with Gasteiger partial charge in [0.15, 0.2) is 0 Å². The van der Waals surface area contributed by atoms with Crippen LogP contribution in [-0.4, -0.2) is 19.6 Å². The summed E-state index contributed by atoms with van der Waals surface area (Å²) in [6.07, 6.45) is 8.81. The smallest absolute Gasteiger partial charge is 0.0459 e. The molecule has 1 saturated carbocycles. The number of benzene rings is 1. The Balaban J connectivity index is 1.97. The summed E-state index contributed by atoms with van der Waals surface area (Å²) < 4.78 is 0. The largest absolute Gasteiger partial charge is 0.374 e. The summed E-state index contributed by atoms with van der Waals surface area (Å²) >= 11 is 6.44. The molecule has 0 radical (unpaired) electrons. The van der Waals surface area contributed by atoms with Gasteiger partial charge in [-0.2, -0.15) is 0 Å². The standard InChI is InChI=1S/C18H29ClN2/c1-3-16(20)11-15-9-10-17(12-18(15)19)21(2)13-14-7-5-4-6-8-14/h9-10,12,14,16H,3-8,11,13,20H2,1-2H3. The number of hydrogen-bond acceptors (Lipinski definition) is 2. The molecule has 0 bridgehead atoms. The zero-order valence-electron chi connectivity index (χ0n) is 13.4. The van der Waals surface area contributed by atoms with Gasteiger partial charge < -0.3 is 10.6 Å². The van der Waals surface area contributed by atoms with E-state index in [9.17, 15) is 0 Å². The van der Waals surface area contributed by atoms with Crippen LogP contribution in [0.25, 0.3) is 0 Å². The molecule has 3 heteroatoms. The van der Waals surface area contributed by atoms with Crippen molar-refractivity contribution < 1.29 is 0 Å². The molecule has 1 aliphatic carbocycles. The van der Waals surface area contributed by atoms with Crippen molar-refractivity contribution in [2.75, 3.05) is 18.5 Å². The highest BCUT2D eigenvalue weighted by Crippen LogP contribution is 2.28. The third-order valence-electron chi connectivity index (χ3n) is 4.74. The van der Waals surface area contributed by atoms with E-state index in [1.807, 2.05) is 0 Å². The average Bonchev–Trinajstić information content (AvgIpc) is 2.50. The van der Waals surface area contributed by atoms with Crippen LogP contribution >= 0.6 is 11.6 Å². The van der Waals surface area contributed by atoms with Crippen LogP contribution in [0.4, 0.5) is 5.69 Å². The molecule has 1 aliphatic rings. The Kier molecular flexibility index (Phi) is 6.38. The number of halogens is 1. The summed E-state index contributed by atoms with van der Waals surface area (Å²) in [4.78, 5) is 2.35. The van der Waals surface area contributed by atoms with Gasteiger partial charge in [-0.05, 0) is 49.3 Å². The summed E-state index contributed by atoms with van der Waals surface area (Å²) in [6, 6.07) is 6.63. The molecule has 21 heavy (non-hydrogen) atoms. The second kappa shape index (κ2) is 8.05. The van der Waals surface area contributed by atoms with Crippen LogP contribution in [0.1, 0.15) is 51.0 Å². The van der Waals surface area contributed by atoms with Crippen LogP contribution in [0, 0.1) is 5.92 Å². The van der Waals surface area contributed by atoms with Crippen LogP contribution in [0.5, 0.6) is 0 Å². The van der Waals surface area contributed by atoms with Crippen molar-refractivity contribution in [2.24, 2.45) is 11.7 Å². The normalized spacial score (nSPS) is 17.7. The second-order valence-corrected chi connectivity index (χ2v) is 6.94. The van der Waals surface area contributed by atoms with Crippen LogP contribution < -0.4 is 10.6 Å². The van der Waals surface area contributed by atoms with E-state index in [4.69, 9.17) is 17.3 Å². The van der Waals surface area contributed by atoms with E-state index in [1.165, 1.54) is 43.4 Å². The summed E-state index contributed by atoms with van der Waals surface area (Å²) in [7, 11) is 2.18. The maximum Gasteiger partial charge on any atom is 0.0459 e. The molecule has 2 N–H and O–H groups in total. The first-order valence-corrected chi connectivity index (χ1v) is 8.73. The monoisotopic (exact) mass is 308 g/mol. The lowest BCUT2D eigenvalue weighted by molar-refractivity contribution is 0.362. The van der Waals surface area contributed by atoms with E-state index < -0.39 is 0 Å². The van der Waals surface area contributed by atoms with Gasteiger partial charge in [0, 0.05) is 30.3 Å². The molecule has 1 aromatic rings. The van der Waals surface area contributed by atoms with Gasteiger partial charge in [-0.1, -0.05) is 43.9 Å². The minimum Gasteiger partial charge on any atom is -0.374 e. The Bertz CT molecular complexity index is 441. The average molecular weight is 309 g/mol. The molecule has 1 atom stereocenters. The van der Waals surface area contributed by atoms with Gasteiger partial charge in [0.25, 0.3) is 0 Å². The first-order valence-electron chi connectivity index (χ1n) is 8.35. The molecule has 0 aromatic heterocycles. The molecule has 0 aliphatic heterocycles. The molecule has 118 valence electrons. The maximum absolute atomic E-state index is 6.44. The number of nitrogens with two attached hydrogens (primary N) is 1. The van der Waals surface area contributed by atoms with Gasteiger partial charge in [-0.15, -0.1) is 0 Å². The molecule has 1 unspecified atom stereocenters. The summed E-state index contributed by atoms with van der Waals surface area (Å²) in [6.45, 7) is 3.26. The number of rotatable bonds is 6. The van der Waals surface area contributed by atoms with E-state index in [0.29, 0.717) is 0 Å². The van der Waals surface area contributed by atoms with Crippen molar-refractivity contribution in [1.29, 1.82) is 0 Å². The number of nitrogens with zero attached hydrogens (tertiary/aromatic N) is 1. The van der Waals surface area contributed by atoms with Gasteiger partial charge in [0.05, 0.1) is 0 Å². The van der Waals surface area contributed by atoms with Crippen LogP contribution in [0.15, 0.2) is 18.2 Å². The third kappa shape index (κ3) is 4.89. The molecule has 0 spiro atoms. The minimum absolute atomic E-state index is 0.202. The Morgan fingerprint density at radius 2 is 2.00 bits per heavy atom. The fraction of sp³-hybridized carbons (Fsp3) is 0.667. The zero-order chi connectivity index (χ0) is 15.2. The second-order valence-electron chi connectivity index (χ2n) is 6.53. The SMILES string of the molecule is CCC(N)Cc1ccc(N(C)CC2CCCCC2)cc1Cl. The van der Waals surface area contributed by atoms with Crippen molar-refractivity contribution in [3.8, 4) is 0 Å². The van der Waals surface area contributed by atoms with E-state index in [1.54, 1.807) is 0 Å². The Labute approximate surface area is 134 Å². The van der Waals surface area contributed by atoms with E-state index in [2.05, 4.69) is 37.1 Å². The van der Waals surface area contributed by atoms with E-state index in [0.717, 1.165) is 30.3 Å². The highest BCUT2D eigenvalue weighted by molar-refractivity contribution is 6.31. The highest BCUT2D eigenvalue weighted by atomic mass is 35.5. The lowest BCUT2D eigenvalue weighted by Crippen LogP contribution is -2.27. The fourth-order valence-electron chi connectivity index (χ4n) is 3.23. The van der Waals surface area contributed by atoms with Crippen molar-refractivity contribution in [2.45, 2.75) is 57.9 Å². The Hall–Kier alpha value is -0.730. The summed E-state index contributed by atoms with van der Waals surface area (Å²) in [5.41, 5.74) is 8.42. The van der Waals surface area contributed by atoms with Gasteiger partial charge >= 0.3 is 0 Å². The maximum atomic E-state index is 6.44. The van der Waals surface area contributed by atoms with Gasteiger partial charge in [0.2, 0.25) is 0 Å². The topological polar surface area (TPSA) is 29.3 Å². The first-order chi connectivity index (χ1) is 10.1. The molecule has 1 aromatic carbocycles. The van der Waals surface area contributed by atoms with E-state index >= 15 is 0 Å². The van der Waals surface area contributed by atoms with Crippen molar-refractivity contribution in [3.63, 3.8) is 0 Å². The highest BCUT2D eigenvalue weighted by Gasteiger charge is 2.16. The molecular formula is C18H29ClN2. The van der Waals surface area contributed by atoms with Gasteiger partial charge in [-0.25, -0.2) is 0 Å². The molecule has 1 fully saturated rings. The molecule has 2 nitrogen and oxygen atoms in total. The van der Waals surface area contributed by atoms with Crippen molar-refractivity contribution >= 4 is 17.3 Å². The predicted molar refractivity (Wildman–Crippen MR) is 93.3 cm³/mol. The fourth-order valence-corrected chi connectivity index (χ4v) is 3.48. The van der Waals surface area contributed by atoms with Crippen LogP contribution in [0.2, 0.25) is 5.02 Å². The first kappa shape index (κ1) is 16.6. The lowest BCUT2D eigenvalue weighted by atomic mass is 9.89. The van der Waals surface area contributed by atoms with Gasteiger partial charge in [-0.3, -0.25) is 0 Å². The molecule has 2 rings (SSSR count). The molecule has 0 amide bonds. The third-order valence-corrected chi connectivity index (χ3v) is 5.09. The molecular weight excluding hydrogens is 280 g/mol. The van der Waals surface area contributed by atoms with Gasteiger partial charge in [0.1, 0.15) is 0 Å². The molecule has 0 saturated heterocycles. The number of anilines is 1. The lowest BCUT2D eigenvalue weighted by Gasteiger charge is -2.28. The van der Waals surface area contributed by atoms with Crippen LogP contribution in [-0.2, 0) is 6.42 Å². The molecule has 0 heterocycles. The Morgan fingerprint density at radius 3 is 2.62 bits per heavy atom. The zero-order valence-corrected chi connectivity index (χ0v) is 14.2. The quantitative estimate of drug-likeness (QED) is 0.829. The Morgan fingerprint density at radius 1 is 1.29 bits per heavy atom. The number of hydrogen-bond donors (Lipinski definition) is 1. The summed E-state index contributed by atoms with van der Waals surface area (Å²) in [5.74, 6) is 0.843. The van der Waals surface area contributed by atoms with Crippen molar-refractivity contribution in [1.82, 2.24) is 0 Å². The summed E-state index contributed by atoms with van der Waals surface area (Å²) in [5, 5.41) is 0.854. The van der Waals surface area contributed by atoms with E-state index in [-0.39, 0.29) is 6.04 Å². The predicted octanol–water partition coefficient (Wildman–Crippen LogP) is 4.64.